The Hall–Kier alpha value is -3.00. The molecule has 1 amide bonds. The molecule has 1 aliphatic rings. The number of nitrogens with zero attached hydrogens (tertiary/aromatic N) is 2. The topological polar surface area (TPSA) is 75.3 Å². The minimum atomic E-state index is -0.508. The Morgan fingerprint density at radius 1 is 1.28 bits per heavy atom. The van der Waals surface area contributed by atoms with Gasteiger partial charge in [0, 0.05) is 29.3 Å². The standard InChI is InChI=1S/C24H26FN3O3S/c1-12(2)31-23(30)16-10-28(22(29)15-7-8-17(25)13(3)9-15)11-24(5,6)18-20(16)26-19-14(4)27-32-21(18)19/h7-10,12,26H,11H2,1-6H3. The molecule has 1 aliphatic heterocycles. The molecule has 3 heterocycles. The Labute approximate surface area is 190 Å². The van der Waals surface area contributed by atoms with Gasteiger partial charge in [-0.3, -0.25) is 4.79 Å². The van der Waals surface area contributed by atoms with Gasteiger partial charge in [-0.05, 0) is 63.0 Å². The number of hydrogen-bond acceptors (Lipinski definition) is 5. The summed E-state index contributed by atoms with van der Waals surface area (Å²) < 4.78 is 24.7. The van der Waals surface area contributed by atoms with Gasteiger partial charge in [-0.25, -0.2) is 9.18 Å². The summed E-state index contributed by atoms with van der Waals surface area (Å²) in [6.07, 6.45) is 1.24. The molecule has 0 saturated carbocycles. The van der Waals surface area contributed by atoms with Gasteiger partial charge in [0.2, 0.25) is 0 Å². The van der Waals surface area contributed by atoms with Gasteiger partial charge in [0.25, 0.3) is 5.91 Å². The van der Waals surface area contributed by atoms with Crippen LogP contribution in [0.5, 0.6) is 0 Å². The van der Waals surface area contributed by atoms with Crippen molar-refractivity contribution >= 4 is 39.2 Å². The number of hydrogen-bond donors (Lipinski definition) is 1. The fourth-order valence-electron chi connectivity index (χ4n) is 4.11. The first kappa shape index (κ1) is 22.2. The number of esters is 1. The zero-order valence-electron chi connectivity index (χ0n) is 19.0. The summed E-state index contributed by atoms with van der Waals surface area (Å²) in [5.74, 6) is -1.18. The summed E-state index contributed by atoms with van der Waals surface area (Å²) in [5.41, 5.74) is 3.89. The Balaban J connectivity index is 1.89. The molecule has 0 unspecified atom stereocenters. The number of aryl methyl sites for hydroxylation is 2. The predicted molar refractivity (Wildman–Crippen MR) is 123 cm³/mol. The highest BCUT2D eigenvalue weighted by Gasteiger charge is 2.38. The van der Waals surface area contributed by atoms with Crippen molar-refractivity contribution in [1.82, 2.24) is 14.3 Å². The van der Waals surface area contributed by atoms with Gasteiger partial charge in [0.1, 0.15) is 5.82 Å². The number of aromatic amines is 1. The second-order valence-electron chi connectivity index (χ2n) is 9.12. The number of ether oxygens (including phenoxy) is 1. The van der Waals surface area contributed by atoms with Crippen LogP contribution in [0.2, 0.25) is 0 Å². The van der Waals surface area contributed by atoms with Gasteiger partial charge in [-0.15, -0.1) is 0 Å². The van der Waals surface area contributed by atoms with E-state index in [-0.39, 0.29) is 23.4 Å². The fourth-order valence-corrected chi connectivity index (χ4v) is 5.19. The number of benzene rings is 1. The Morgan fingerprint density at radius 2 is 2.00 bits per heavy atom. The third kappa shape index (κ3) is 3.72. The van der Waals surface area contributed by atoms with Gasteiger partial charge < -0.3 is 14.6 Å². The monoisotopic (exact) mass is 455 g/mol. The average molecular weight is 456 g/mol. The van der Waals surface area contributed by atoms with Gasteiger partial charge in [-0.1, -0.05) is 13.8 Å². The number of amides is 1. The first-order valence-corrected chi connectivity index (χ1v) is 11.3. The largest absolute Gasteiger partial charge is 0.459 e. The van der Waals surface area contributed by atoms with E-state index < -0.39 is 11.4 Å². The Kier molecular flexibility index (Phi) is 5.45. The summed E-state index contributed by atoms with van der Waals surface area (Å²) in [5, 5.41) is 0. The maximum Gasteiger partial charge on any atom is 0.342 e. The van der Waals surface area contributed by atoms with Crippen LogP contribution in [0.25, 0.3) is 15.8 Å². The number of halogens is 1. The molecule has 0 atom stereocenters. The van der Waals surface area contributed by atoms with Crippen LogP contribution in [-0.2, 0) is 14.9 Å². The molecule has 0 bridgehead atoms. The zero-order valence-corrected chi connectivity index (χ0v) is 19.8. The van der Waals surface area contributed by atoms with Crippen molar-refractivity contribution in [2.45, 2.75) is 53.1 Å². The molecule has 168 valence electrons. The van der Waals surface area contributed by atoms with E-state index in [9.17, 15) is 14.0 Å². The number of rotatable bonds is 3. The van der Waals surface area contributed by atoms with Gasteiger partial charge in [-0.2, -0.15) is 4.37 Å². The zero-order chi connectivity index (χ0) is 23.4. The molecule has 4 rings (SSSR count). The minimum Gasteiger partial charge on any atom is -0.459 e. The smallest absolute Gasteiger partial charge is 0.342 e. The van der Waals surface area contributed by atoms with Crippen molar-refractivity contribution in [2.24, 2.45) is 0 Å². The number of H-pyrrole nitrogens is 1. The van der Waals surface area contributed by atoms with E-state index in [2.05, 4.69) is 9.36 Å². The molecule has 32 heavy (non-hydrogen) atoms. The van der Waals surface area contributed by atoms with Crippen LogP contribution in [0.15, 0.2) is 24.4 Å². The van der Waals surface area contributed by atoms with E-state index in [0.717, 1.165) is 21.5 Å². The van der Waals surface area contributed by atoms with Crippen molar-refractivity contribution in [1.29, 1.82) is 0 Å². The second kappa shape index (κ2) is 7.85. The van der Waals surface area contributed by atoms with Crippen molar-refractivity contribution in [3.05, 3.63) is 58.3 Å². The van der Waals surface area contributed by atoms with E-state index in [0.29, 0.717) is 23.4 Å². The van der Waals surface area contributed by atoms with Gasteiger partial charge in [0.15, 0.2) is 0 Å². The van der Waals surface area contributed by atoms with Gasteiger partial charge >= 0.3 is 5.97 Å². The van der Waals surface area contributed by atoms with Crippen molar-refractivity contribution in [3.63, 3.8) is 0 Å². The van der Waals surface area contributed by atoms with Crippen LogP contribution < -0.4 is 0 Å². The molecule has 0 saturated heterocycles. The first-order chi connectivity index (χ1) is 15.0. The lowest BCUT2D eigenvalue weighted by atomic mass is 9.83. The molecule has 0 radical (unpaired) electrons. The maximum absolute atomic E-state index is 13.8. The molecule has 0 fully saturated rings. The molecule has 1 N–H and O–H groups in total. The Bertz CT molecular complexity index is 1270. The van der Waals surface area contributed by atoms with Crippen molar-refractivity contribution in [2.75, 3.05) is 6.54 Å². The molecule has 6 nitrogen and oxygen atoms in total. The Morgan fingerprint density at radius 3 is 2.66 bits per heavy atom. The molecule has 0 aliphatic carbocycles. The van der Waals surface area contributed by atoms with Crippen LogP contribution >= 0.6 is 11.5 Å². The third-order valence-electron chi connectivity index (χ3n) is 5.61. The SMILES string of the molecule is Cc1cc(C(=O)N2C=C(C(=O)OC(C)C)c3[nH]c4c(C)nsc4c3C(C)(C)C2)ccc1F. The highest BCUT2D eigenvalue weighted by molar-refractivity contribution is 7.13. The van der Waals surface area contributed by atoms with E-state index in [4.69, 9.17) is 4.74 Å². The molecule has 3 aromatic rings. The lowest BCUT2D eigenvalue weighted by molar-refractivity contribution is -0.140. The molecular weight excluding hydrogens is 429 g/mol. The summed E-state index contributed by atoms with van der Waals surface area (Å²) in [6, 6.07) is 4.28. The number of fused-ring (bicyclic) bond motifs is 3. The molecule has 0 spiro atoms. The van der Waals surface area contributed by atoms with Crippen LogP contribution in [0.4, 0.5) is 4.39 Å². The highest BCUT2D eigenvalue weighted by Crippen LogP contribution is 2.42. The summed E-state index contributed by atoms with van der Waals surface area (Å²) >= 11 is 1.38. The van der Waals surface area contributed by atoms with Crippen LogP contribution in [-0.4, -0.2) is 38.8 Å². The number of carbonyl (C=O) groups excluding carboxylic acids is 2. The third-order valence-corrected chi connectivity index (χ3v) is 6.57. The van der Waals surface area contributed by atoms with E-state index in [1.807, 2.05) is 20.8 Å². The number of aromatic nitrogens is 2. The van der Waals surface area contributed by atoms with Crippen LogP contribution in [0.3, 0.4) is 0 Å². The van der Waals surface area contributed by atoms with Crippen LogP contribution in [0.1, 0.15) is 60.6 Å². The number of carbonyl (C=O) groups is 2. The normalized spacial score (nSPS) is 15.5. The lowest BCUT2D eigenvalue weighted by Crippen LogP contribution is -2.37. The summed E-state index contributed by atoms with van der Waals surface area (Å²) in [7, 11) is 0. The van der Waals surface area contributed by atoms with Crippen LogP contribution in [0, 0.1) is 19.7 Å². The van der Waals surface area contributed by atoms with Crippen molar-refractivity contribution < 1.29 is 18.7 Å². The maximum atomic E-state index is 13.8. The highest BCUT2D eigenvalue weighted by atomic mass is 32.1. The average Bonchev–Trinajstić information content (AvgIpc) is 3.22. The summed E-state index contributed by atoms with van der Waals surface area (Å²) in [4.78, 5) is 31.4. The molecule has 2 aromatic heterocycles. The van der Waals surface area contributed by atoms with Gasteiger partial charge in [0.05, 0.1) is 33.3 Å². The quantitative estimate of drug-likeness (QED) is 0.557. The van der Waals surface area contributed by atoms with E-state index in [1.54, 1.807) is 27.0 Å². The lowest BCUT2D eigenvalue weighted by Gasteiger charge is -2.29. The molecule has 8 heteroatoms. The predicted octanol–water partition coefficient (Wildman–Crippen LogP) is 5.11. The minimum absolute atomic E-state index is 0.286. The van der Waals surface area contributed by atoms with E-state index in [1.165, 1.54) is 34.6 Å². The molecular formula is C24H26FN3O3S. The van der Waals surface area contributed by atoms with E-state index >= 15 is 0 Å². The fraction of sp³-hybridized carbons (Fsp3) is 0.375. The van der Waals surface area contributed by atoms with Crippen molar-refractivity contribution in [3.8, 4) is 0 Å². The number of nitrogens with one attached hydrogen (secondary N) is 1. The molecule has 1 aromatic carbocycles. The second-order valence-corrected chi connectivity index (χ2v) is 9.90. The summed E-state index contributed by atoms with van der Waals surface area (Å²) in [6.45, 7) is 11.5. The first-order valence-electron chi connectivity index (χ1n) is 10.5.